The third-order valence-electron chi connectivity index (χ3n) is 7.67. The quantitative estimate of drug-likeness (QED) is 0.258. The van der Waals surface area contributed by atoms with E-state index in [0.717, 1.165) is 11.2 Å². The second-order valence-electron chi connectivity index (χ2n) is 9.88. The van der Waals surface area contributed by atoms with Gasteiger partial charge in [-0.2, -0.15) is 18.3 Å². The Morgan fingerprint density at radius 2 is 1.55 bits per heavy atom. The van der Waals surface area contributed by atoms with Crippen molar-refractivity contribution in [2.75, 3.05) is 31.2 Å². The summed E-state index contributed by atoms with van der Waals surface area (Å²) in [6.45, 7) is 3.81. The summed E-state index contributed by atoms with van der Waals surface area (Å²) in [5.74, 6) is -0.375. The summed E-state index contributed by atoms with van der Waals surface area (Å²) in [5.41, 5.74) is 0.923. The highest BCUT2D eigenvalue weighted by atomic mass is 19.4. The van der Waals surface area contributed by atoms with E-state index < -0.39 is 11.6 Å². The molecule has 1 atom stereocenters. The van der Waals surface area contributed by atoms with Crippen LogP contribution >= 0.6 is 0 Å². The number of aryl methyl sites for hydroxylation is 1. The van der Waals surface area contributed by atoms with Crippen LogP contribution in [0.4, 0.5) is 23.2 Å². The molecular weight excluding hydrogens is 496 g/mol. The molecule has 6 rings (SSSR count). The normalized spacial score (nSPS) is 16.3. The van der Waals surface area contributed by atoms with E-state index in [-0.39, 0.29) is 16.9 Å². The highest BCUT2D eigenvalue weighted by Gasteiger charge is 2.54. The molecule has 0 radical (unpaired) electrons. The molecule has 0 bridgehead atoms. The summed E-state index contributed by atoms with van der Waals surface area (Å²) in [4.78, 5) is 2.14. The Kier molecular flexibility index (Phi) is 5.72. The average Bonchev–Trinajstić information content (AvgIpc) is 3.49. The Bertz CT molecular complexity index is 1630. The lowest BCUT2D eigenvalue weighted by molar-refractivity contribution is -0.172. The predicted octanol–water partition coefficient (Wildman–Crippen LogP) is 6.36. The topological polar surface area (TPSA) is 35.2 Å². The molecule has 1 unspecified atom stereocenters. The van der Waals surface area contributed by atoms with Crippen LogP contribution in [0.3, 0.4) is 0 Å². The van der Waals surface area contributed by atoms with E-state index in [0.29, 0.717) is 48.3 Å². The fraction of sp³-hybridized carbons (Fsp3) is 0.276. The Morgan fingerprint density at radius 3 is 2.26 bits per heavy atom. The summed E-state index contributed by atoms with van der Waals surface area (Å²) in [7, 11) is 1.77. The number of benzene rings is 3. The molecule has 1 aliphatic heterocycles. The number of ether oxygens (including phenoxy) is 1. The van der Waals surface area contributed by atoms with Gasteiger partial charge in [-0.25, -0.2) is 9.07 Å². The fourth-order valence-corrected chi connectivity index (χ4v) is 5.40. The van der Waals surface area contributed by atoms with E-state index in [1.165, 1.54) is 25.1 Å². The number of morpholine rings is 1. The molecular formula is C29H26F4N4O. The first kappa shape index (κ1) is 24.5. The Labute approximate surface area is 216 Å². The molecule has 1 aliphatic rings. The number of nitrogens with zero attached hydrogens (tertiary/aromatic N) is 4. The summed E-state index contributed by atoms with van der Waals surface area (Å²) < 4.78 is 67.4. The van der Waals surface area contributed by atoms with E-state index >= 15 is 13.2 Å². The van der Waals surface area contributed by atoms with Crippen LogP contribution in [0.1, 0.15) is 18.1 Å². The van der Waals surface area contributed by atoms with Gasteiger partial charge >= 0.3 is 6.18 Å². The van der Waals surface area contributed by atoms with Crippen molar-refractivity contribution in [2.45, 2.75) is 18.5 Å². The molecule has 3 heterocycles. The SMILES string of the molecule is Cn1cc(C(C)(c2ccc3c(cnn3-c3ccc(F)cc3)c2)C(F)(F)F)c2cc(N3CCOCC3)ccc21. The maximum absolute atomic E-state index is 15.1. The third kappa shape index (κ3) is 3.84. The summed E-state index contributed by atoms with van der Waals surface area (Å²) >= 11 is 0. The molecule has 0 saturated carbocycles. The molecule has 0 amide bonds. The molecule has 0 spiro atoms. The van der Waals surface area contributed by atoms with Crippen LogP contribution in [0.5, 0.6) is 0 Å². The number of anilines is 1. The maximum atomic E-state index is 15.1. The van der Waals surface area contributed by atoms with Crippen molar-refractivity contribution in [2.24, 2.45) is 7.05 Å². The highest BCUT2D eigenvalue weighted by molar-refractivity contribution is 5.90. The minimum atomic E-state index is -4.57. The largest absolute Gasteiger partial charge is 0.402 e. The van der Waals surface area contributed by atoms with Crippen molar-refractivity contribution >= 4 is 27.5 Å². The molecule has 1 fully saturated rings. The lowest BCUT2D eigenvalue weighted by Gasteiger charge is -2.33. The molecule has 38 heavy (non-hydrogen) atoms. The summed E-state index contributed by atoms with van der Waals surface area (Å²) in [6.07, 6.45) is -1.44. The molecule has 2 aromatic heterocycles. The van der Waals surface area contributed by atoms with Crippen molar-refractivity contribution in [3.63, 3.8) is 0 Å². The van der Waals surface area contributed by atoms with Gasteiger partial charge in [0.25, 0.3) is 0 Å². The van der Waals surface area contributed by atoms with Gasteiger partial charge in [-0.1, -0.05) is 6.07 Å². The maximum Gasteiger partial charge on any atom is 0.402 e. The monoisotopic (exact) mass is 522 g/mol. The zero-order valence-electron chi connectivity index (χ0n) is 21.0. The molecule has 3 aromatic carbocycles. The minimum Gasteiger partial charge on any atom is -0.378 e. The first-order valence-electron chi connectivity index (χ1n) is 12.4. The van der Waals surface area contributed by atoms with Gasteiger partial charge in [-0.3, -0.25) is 0 Å². The number of aromatic nitrogens is 3. The molecule has 196 valence electrons. The molecule has 5 aromatic rings. The molecule has 1 saturated heterocycles. The lowest BCUT2D eigenvalue weighted by Crippen LogP contribution is -2.40. The number of fused-ring (bicyclic) bond motifs is 2. The van der Waals surface area contributed by atoms with Crippen LogP contribution in [0.2, 0.25) is 0 Å². The zero-order valence-corrected chi connectivity index (χ0v) is 21.0. The van der Waals surface area contributed by atoms with Crippen molar-refractivity contribution in [1.82, 2.24) is 14.3 Å². The van der Waals surface area contributed by atoms with Crippen LogP contribution < -0.4 is 4.90 Å². The van der Waals surface area contributed by atoms with Crippen LogP contribution in [-0.2, 0) is 17.2 Å². The van der Waals surface area contributed by atoms with E-state index in [2.05, 4.69) is 10.00 Å². The number of hydrogen-bond acceptors (Lipinski definition) is 3. The molecule has 9 heteroatoms. The van der Waals surface area contributed by atoms with E-state index in [9.17, 15) is 4.39 Å². The van der Waals surface area contributed by atoms with E-state index in [1.807, 2.05) is 18.2 Å². The van der Waals surface area contributed by atoms with Gasteiger partial charge < -0.3 is 14.2 Å². The van der Waals surface area contributed by atoms with Gasteiger partial charge in [0.1, 0.15) is 11.2 Å². The Balaban J connectivity index is 1.50. The van der Waals surface area contributed by atoms with Crippen LogP contribution in [0.25, 0.3) is 27.5 Å². The van der Waals surface area contributed by atoms with Gasteiger partial charge in [0.15, 0.2) is 0 Å². The Morgan fingerprint density at radius 1 is 0.868 bits per heavy atom. The van der Waals surface area contributed by atoms with Crippen LogP contribution in [-0.4, -0.2) is 46.8 Å². The second-order valence-corrected chi connectivity index (χ2v) is 9.88. The van der Waals surface area contributed by atoms with E-state index in [1.54, 1.807) is 53.0 Å². The fourth-order valence-electron chi connectivity index (χ4n) is 5.40. The first-order valence-corrected chi connectivity index (χ1v) is 12.4. The van der Waals surface area contributed by atoms with Gasteiger partial charge in [0.05, 0.1) is 30.6 Å². The molecule has 0 N–H and O–H groups in total. The smallest absolute Gasteiger partial charge is 0.378 e. The highest BCUT2D eigenvalue weighted by Crippen LogP contribution is 2.49. The first-order chi connectivity index (χ1) is 18.2. The van der Waals surface area contributed by atoms with Crippen molar-refractivity contribution in [1.29, 1.82) is 0 Å². The van der Waals surface area contributed by atoms with Crippen LogP contribution in [0.15, 0.2) is 73.1 Å². The van der Waals surface area contributed by atoms with Crippen molar-refractivity contribution in [3.8, 4) is 5.69 Å². The number of alkyl halides is 3. The third-order valence-corrected chi connectivity index (χ3v) is 7.67. The van der Waals surface area contributed by atoms with Gasteiger partial charge in [0.2, 0.25) is 0 Å². The Hall–Kier alpha value is -3.85. The summed E-state index contributed by atoms with van der Waals surface area (Å²) in [5, 5.41) is 5.50. The van der Waals surface area contributed by atoms with Gasteiger partial charge in [-0.15, -0.1) is 0 Å². The predicted molar refractivity (Wildman–Crippen MR) is 139 cm³/mol. The number of halogens is 4. The van der Waals surface area contributed by atoms with Gasteiger partial charge in [-0.05, 0) is 72.6 Å². The number of hydrogen-bond donors (Lipinski definition) is 0. The van der Waals surface area contributed by atoms with E-state index in [4.69, 9.17) is 4.74 Å². The molecule has 5 nitrogen and oxygen atoms in total. The van der Waals surface area contributed by atoms with Crippen molar-refractivity contribution in [3.05, 3.63) is 90.0 Å². The lowest BCUT2D eigenvalue weighted by atomic mass is 9.75. The minimum absolute atomic E-state index is 0.125. The second kappa shape index (κ2) is 8.87. The summed E-state index contributed by atoms with van der Waals surface area (Å²) in [6, 6.07) is 16.2. The average molecular weight is 523 g/mol. The standard InChI is InChI=1S/C29H26F4N4O/c1-28(29(31,32)33,20-3-9-26-19(15-20)17-34-37(26)22-6-4-21(30)5-7-22)25-18-35(2)27-10-8-23(16-24(25)27)36-11-13-38-14-12-36/h3-10,15-18H,11-14H2,1-2H3. The van der Waals surface area contributed by atoms with Gasteiger partial charge in [0, 0.05) is 48.3 Å². The van der Waals surface area contributed by atoms with Crippen LogP contribution in [0, 0.1) is 5.82 Å². The van der Waals surface area contributed by atoms with Crippen molar-refractivity contribution < 1.29 is 22.3 Å². The number of rotatable bonds is 4. The molecule has 0 aliphatic carbocycles. The zero-order chi connectivity index (χ0) is 26.7.